The molecule has 0 aromatic heterocycles. The third-order valence-corrected chi connectivity index (χ3v) is 3.05. The van der Waals surface area contributed by atoms with E-state index < -0.39 is 0 Å². The first-order valence-corrected chi connectivity index (χ1v) is 6.55. The van der Waals surface area contributed by atoms with Crippen molar-refractivity contribution in [3.05, 3.63) is 12.2 Å². The van der Waals surface area contributed by atoms with E-state index in [1.807, 2.05) is 0 Å². The van der Waals surface area contributed by atoms with Crippen LogP contribution in [0.3, 0.4) is 0 Å². The van der Waals surface area contributed by atoms with Crippen molar-refractivity contribution < 1.29 is 9.53 Å². The van der Waals surface area contributed by atoms with E-state index in [1.165, 1.54) is 32.1 Å². The minimum atomic E-state index is 0.284. The van der Waals surface area contributed by atoms with Crippen LogP contribution in [0.15, 0.2) is 12.2 Å². The SMILES string of the molecule is CC(=O)CCCC=CCOC1CCCCC1. The Morgan fingerprint density at radius 2 is 2.00 bits per heavy atom. The van der Waals surface area contributed by atoms with Gasteiger partial charge < -0.3 is 9.53 Å². The Balaban J connectivity index is 1.93. The molecule has 2 heteroatoms. The number of ketones is 1. The molecule has 1 saturated carbocycles. The summed E-state index contributed by atoms with van der Waals surface area (Å²) in [5.74, 6) is 0.284. The van der Waals surface area contributed by atoms with Gasteiger partial charge in [0.1, 0.15) is 5.78 Å². The Morgan fingerprint density at radius 1 is 1.25 bits per heavy atom. The molecule has 0 bridgehead atoms. The van der Waals surface area contributed by atoms with Gasteiger partial charge >= 0.3 is 0 Å². The largest absolute Gasteiger partial charge is 0.374 e. The van der Waals surface area contributed by atoms with Gasteiger partial charge in [0.05, 0.1) is 12.7 Å². The fourth-order valence-electron chi connectivity index (χ4n) is 2.08. The van der Waals surface area contributed by atoms with E-state index in [2.05, 4.69) is 12.2 Å². The summed E-state index contributed by atoms with van der Waals surface area (Å²) in [6, 6.07) is 0. The first-order chi connectivity index (χ1) is 7.79. The van der Waals surface area contributed by atoms with E-state index in [9.17, 15) is 4.79 Å². The van der Waals surface area contributed by atoms with Crippen LogP contribution in [0.4, 0.5) is 0 Å². The highest BCUT2D eigenvalue weighted by molar-refractivity contribution is 5.75. The molecule has 0 N–H and O–H groups in total. The highest BCUT2D eigenvalue weighted by atomic mass is 16.5. The molecule has 0 aromatic carbocycles. The van der Waals surface area contributed by atoms with Gasteiger partial charge in [0.25, 0.3) is 0 Å². The van der Waals surface area contributed by atoms with Crippen LogP contribution in [0.25, 0.3) is 0 Å². The fourth-order valence-corrected chi connectivity index (χ4v) is 2.08. The van der Waals surface area contributed by atoms with E-state index in [-0.39, 0.29) is 5.78 Å². The van der Waals surface area contributed by atoms with Crippen LogP contribution in [0.5, 0.6) is 0 Å². The molecule has 1 aliphatic carbocycles. The second-order valence-corrected chi connectivity index (χ2v) is 4.66. The van der Waals surface area contributed by atoms with Crippen LogP contribution in [-0.2, 0) is 9.53 Å². The molecular weight excluding hydrogens is 200 g/mol. The molecule has 0 heterocycles. The standard InChI is InChI=1S/C14H24O2/c1-13(15)9-5-2-3-8-12-16-14-10-6-4-7-11-14/h3,8,14H,2,4-7,9-12H2,1H3. The third kappa shape index (κ3) is 6.78. The zero-order chi connectivity index (χ0) is 11.6. The molecule has 2 nitrogen and oxygen atoms in total. The van der Waals surface area contributed by atoms with Crippen molar-refractivity contribution in [1.29, 1.82) is 0 Å². The summed E-state index contributed by atoms with van der Waals surface area (Å²) >= 11 is 0. The number of hydrogen-bond acceptors (Lipinski definition) is 2. The summed E-state index contributed by atoms with van der Waals surface area (Å²) in [6.07, 6.45) is 13.9. The molecular formula is C14H24O2. The van der Waals surface area contributed by atoms with Crippen LogP contribution in [0, 0.1) is 0 Å². The smallest absolute Gasteiger partial charge is 0.129 e. The highest BCUT2D eigenvalue weighted by Gasteiger charge is 2.12. The van der Waals surface area contributed by atoms with Crippen LogP contribution >= 0.6 is 0 Å². The molecule has 0 spiro atoms. The minimum Gasteiger partial charge on any atom is -0.374 e. The average molecular weight is 224 g/mol. The second kappa shape index (κ2) is 8.51. The van der Waals surface area contributed by atoms with Gasteiger partial charge in [0.2, 0.25) is 0 Å². The maximum atomic E-state index is 10.7. The fraction of sp³-hybridized carbons (Fsp3) is 0.786. The van der Waals surface area contributed by atoms with E-state index in [4.69, 9.17) is 4.74 Å². The lowest BCUT2D eigenvalue weighted by molar-refractivity contribution is -0.117. The van der Waals surface area contributed by atoms with Crippen molar-refractivity contribution in [1.82, 2.24) is 0 Å². The van der Waals surface area contributed by atoms with E-state index in [0.717, 1.165) is 19.4 Å². The molecule has 0 aliphatic heterocycles. The quantitative estimate of drug-likeness (QED) is 0.487. The second-order valence-electron chi connectivity index (χ2n) is 4.66. The number of ether oxygens (including phenoxy) is 1. The molecule has 1 fully saturated rings. The Bertz CT molecular complexity index is 215. The number of rotatable bonds is 7. The first-order valence-electron chi connectivity index (χ1n) is 6.55. The molecule has 1 rings (SSSR count). The van der Waals surface area contributed by atoms with Crippen molar-refractivity contribution in [3.63, 3.8) is 0 Å². The predicted octanol–water partition coefficient (Wildman–Crippen LogP) is 3.65. The van der Waals surface area contributed by atoms with E-state index in [0.29, 0.717) is 12.5 Å². The number of hydrogen-bond donors (Lipinski definition) is 0. The lowest BCUT2D eigenvalue weighted by atomic mass is 9.98. The van der Waals surface area contributed by atoms with Crippen molar-refractivity contribution >= 4 is 5.78 Å². The number of Topliss-reactive ketones (excluding diaryl/α,β-unsaturated/α-hetero) is 1. The van der Waals surface area contributed by atoms with Crippen molar-refractivity contribution in [2.45, 2.75) is 64.4 Å². The van der Waals surface area contributed by atoms with Gasteiger partial charge in [0, 0.05) is 6.42 Å². The Kier molecular flexibility index (Phi) is 7.15. The minimum absolute atomic E-state index is 0.284. The molecule has 0 atom stereocenters. The van der Waals surface area contributed by atoms with E-state index >= 15 is 0 Å². The Hall–Kier alpha value is -0.630. The van der Waals surface area contributed by atoms with Crippen molar-refractivity contribution in [2.24, 2.45) is 0 Å². The van der Waals surface area contributed by atoms with Crippen molar-refractivity contribution in [2.75, 3.05) is 6.61 Å². The number of unbranched alkanes of at least 4 members (excludes halogenated alkanes) is 1. The third-order valence-electron chi connectivity index (χ3n) is 3.05. The van der Waals surface area contributed by atoms with Gasteiger partial charge in [-0.1, -0.05) is 31.4 Å². The van der Waals surface area contributed by atoms with Gasteiger partial charge in [-0.2, -0.15) is 0 Å². The highest BCUT2D eigenvalue weighted by Crippen LogP contribution is 2.20. The van der Waals surface area contributed by atoms with Crippen LogP contribution in [0.2, 0.25) is 0 Å². The van der Waals surface area contributed by atoms with Gasteiger partial charge in [-0.05, 0) is 32.6 Å². The van der Waals surface area contributed by atoms with Gasteiger partial charge in [-0.25, -0.2) is 0 Å². The summed E-state index contributed by atoms with van der Waals surface area (Å²) in [5, 5.41) is 0. The average Bonchev–Trinajstić information content (AvgIpc) is 2.29. The molecule has 0 unspecified atom stereocenters. The summed E-state index contributed by atoms with van der Waals surface area (Å²) in [6.45, 7) is 2.39. The molecule has 0 amide bonds. The molecule has 0 saturated heterocycles. The van der Waals surface area contributed by atoms with Crippen molar-refractivity contribution in [3.8, 4) is 0 Å². The van der Waals surface area contributed by atoms with Gasteiger partial charge in [0.15, 0.2) is 0 Å². The summed E-state index contributed by atoms with van der Waals surface area (Å²) < 4.78 is 5.76. The topological polar surface area (TPSA) is 26.3 Å². The lowest BCUT2D eigenvalue weighted by Gasteiger charge is -2.21. The molecule has 16 heavy (non-hydrogen) atoms. The molecule has 1 aliphatic rings. The normalized spacial score (nSPS) is 18.1. The number of allylic oxidation sites excluding steroid dienone is 1. The maximum Gasteiger partial charge on any atom is 0.129 e. The van der Waals surface area contributed by atoms with Crippen LogP contribution < -0.4 is 0 Å². The first kappa shape index (κ1) is 13.4. The van der Waals surface area contributed by atoms with Gasteiger partial charge in [-0.3, -0.25) is 0 Å². The Morgan fingerprint density at radius 3 is 2.69 bits per heavy atom. The zero-order valence-electron chi connectivity index (χ0n) is 10.4. The van der Waals surface area contributed by atoms with E-state index in [1.54, 1.807) is 6.92 Å². The predicted molar refractivity (Wildman–Crippen MR) is 66.5 cm³/mol. The molecule has 0 aromatic rings. The summed E-state index contributed by atoms with van der Waals surface area (Å²) in [7, 11) is 0. The van der Waals surface area contributed by atoms with Crippen LogP contribution in [0.1, 0.15) is 58.3 Å². The maximum absolute atomic E-state index is 10.7. The van der Waals surface area contributed by atoms with Gasteiger partial charge in [-0.15, -0.1) is 0 Å². The lowest BCUT2D eigenvalue weighted by Crippen LogP contribution is -2.16. The summed E-state index contributed by atoms with van der Waals surface area (Å²) in [4.78, 5) is 10.7. The molecule has 92 valence electrons. The monoisotopic (exact) mass is 224 g/mol. The summed E-state index contributed by atoms with van der Waals surface area (Å²) in [5.41, 5.74) is 0. The molecule has 0 radical (unpaired) electrons. The zero-order valence-corrected chi connectivity index (χ0v) is 10.4. The Labute approximate surface area is 99.1 Å². The number of carbonyl (C=O) groups is 1. The number of carbonyl (C=O) groups excluding carboxylic acids is 1. The van der Waals surface area contributed by atoms with Crippen LogP contribution in [-0.4, -0.2) is 18.5 Å².